The third-order valence-corrected chi connectivity index (χ3v) is 3.44. The van der Waals surface area contributed by atoms with Crippen molar-refractivity contribution < 1.29 is 24.3 Å². The Hall–Kier alpha value is -2.38. The van der Waals surface area contributed by atoms with Gasteiger partial charge in [0.2, 0.25) is 0 Å². The number of nitrogens with one attached hydrogen (secondary N) is 1. The van der Waals surface area contributed by atoms with Crippen molar-refractivity contribution in [2.24, 2.45) is 0 Å². The molecule has 0 spiro atoms. The number of rotatable bonds is 7. The number of aromatic nitrogens is 1. The lowest BCUT2D eigenvalue weighted by Gasteiger charge is -2.05. The second kappa shape index (κ2) is 7.75. The maximum absolute atomic E-state index is 11.9. The van der Waals surface area contributed by atoms with E-state index in [0.29, 0.717) is 22.8 Å². The van der Waals surface area contributed by atoms with Crippen molar-refractivity contribution in [2.45, 2.75) is 18.9 Å². The third-order valence-electron chi connectivity index (χ3n) is 3.11. The summed E-state index contributed by atoms with van der Waals surface area (Å²) in [7, 11) is 0. The molecule has 1 aromatic carbocycles. The van der Waals surface area contributed by atoms with Crippen LogP contribution in [0.3, 0.4) is 0 Å². The number of aliphatic hydroxyl groups excluding tert-OH is 1. The van der Waals surface area contributed by atoms with Crippen LogP contribution < -0.4 is 5.32 Å². The van der Waals surface area contributed by atoms with Gasteiger partial charge < -0.3 is 20.1 Å². The summed E-state index contributed by atoms with van der Waals surface area (Å²) in [6.07, 6.45) is -1.04. The maximum Gasteiger partial charge on any atom is 0.332 e. The molecule has 1 aromatic heterocycles. The molecule has 0 aliphatic rings. The summed E-state index contributed by atoms with van der Waals surface area (Å²) in [5, 5.41) is 24.4. The summed E-state index contributed by atoms with van der Waals surface area (Å²) in [6, 6.07) is 8.49. The molecule has 0 fully saturated rings. The molecular weight excluding hydrogens is 324 g/mol. The first-order valence-corrected chi connectivity index (χ1v) is 7.27. The quantitative estimate of drug-likeness (QED) is 0.665. The molecule has 0 saturated heterocycles. The number of benzene rings is 1. The van der Waals surface area contributed by atoms with Gasteiger partial charge in [0.05, 0.1) is 5.02 Å². The first kappa shape index (κ1) is 17.0. The fourth-order valence-electron chi connectivity index (χ4n) is 1.88. The smallest absolute Gasteiger partial charge is 0.332 e. The molecule has 2 rings (SSSR count). The Kier molecular flexibility index (Phi) is 5.72. The zero-order valence-electron chi connectivity index (χ0n) is 12.0. The number of carbonyl (C=O) groups excluding carboxylic acids is 1. The molecule has 0 saturated carbocycles. The lowest BCUT2D eigenvalue weighted by atomic mass is 10.1. The van der Waals surface area contributed by atoms with Crippen LogP contribution in [0.25, 0.3) is 11.3 Å². The van der Waals surface area contributed by atoms with E-state index in [0.717, 1.165) is 0 Å². The van der Waals surface area contributed by atoms with E-state index in [4.69, 9.17) is 26.3 Å². The van der Waals surface area contributed by atoms with Gasteiger partial charge in [0.1, 0.15) is 0 Å². The van der Waals surface area contributed by atoms with E-state index in [1.54, 1.807) is 24.3 Å². The number of hydrogen-bond acceptors (Lipinski definition) is 5. The van der Waals surface area contributed by atoms with E-state index in [2.05, 4.69) is 10.5 Å². The van der Waals surface area contributed by atoms with Gasteiger partial charge in [-0.15, -0.1) is 0 Å². The van der Waals surface area contributed by atoms with Crippen LogP contribution in [-0.2, 0) is 4.79 Å². The molecular formula is C15H15ClN2O5. The molecule has 1 atom stereocenters. The molecule has 0 radical (unpaired) electrons. The monoisotopic (exact) mass is 338 g/mol. The summed E-state index contributed by atoms with van der Waals surface area (Å²) in [4.78, 5) is 22.4. The SMILES string of the molecule is O=C(NCCCC(O)C(=O)O)c1cc(-c2ccccc2Cl)on1. The van der Waals surface area contributed by atoms with Gasteiger partial charge in [-0.25, -0.2) is 4.79 Å². The van der Waals surface area contributed by atoms with Crippen molar-refractivity contribution in [3.05, 3.63) is 41.0 Å². The van der Waals surface area contributed by atoms with E-state index in [1.165, 1.54) is 6.07 Å². The molecule has 3 N–H and O–H groups in total. The number of aliphatic hydroxyl groups is 1. The highest BCUT2D eigenvalue weighted by Gasteiger charge is 2.16. The van der Waals surface area contributed by atoms with Crippen LogP contribution in [0.5, 0.6) is 0 Å². The summed E-state index contributed by atoms with van der Waals surface area (Å²) >= 11 is 6.05. The molecule has 1 amide bonds. The number of carboxylic acids is 1. The molecule has 0 aliphatic carbocycles. The first-order valence-electron chi connectivity index (χ1n) is 6.89. The molecule has 2 aromatic rings. The van der Waals surface area contributed by atoms with Crippen LogP contribution in [-0.4, -0.2) is 39.9 Å². The molecule has 8 heteroatoms. The topological polar surface area (TPSA) is 113 Å². The van der Waals surface area contributed by atoms with Crippen LogP contribution in [0.2, 0.25) is 5.02 Å². The highest BCUT2D eigenvalue weighted by Crippen LogP contribution is 2.27. The van der Waals surface area contributed by atoms with E-state index < -0.39 is 18.0 Å². The van der Waals surface area contributed by atoms with Crippen molar-refractivity contribution in [1.29, 1.82) is 0 Å². The Balaban J connectivity index is 1.89. The second-order valence-corrected chi connectivity index (χ2v) is 5.22. The van der Waals surface area contributed by atoms with Gasteiger partial charge in [-0.05, 0) is 25.0 Å². The first-order chi connectivity index (χ1) is 11.0. The standard InChI is InChI=1S/C15H15ClN2O5/c16-10-5-2-1-4-9(10)13-8-11(18-23-13)14(20)17-7-3-6-12(19)15(21)22/h1-2,4-5,8,12,19H,3,6-7H2,(H,17,20)(H,21,22). The van der Waals surface area contributed by atoms with Gasteiger partial charge in [-0.2, -0.15) is 0 Å². The molecule has 0 bridgehead atoms. The fourth-order valence-corrected chi connectivity index (χ4v) is 2.11. The van der Waals surface area contributed by atoms with E-state index in [-0.39, 0.29) is 18.7 Å². The summed E-state index contributed by atoms with van der Waals surface area (Å²) in [6.45, 7) is 0.220. The Morgan fingerprint density at radius 2 is 2.09 bits per heavy atom. The van der Waals surface area contributed by atoms with Crippen LogP contribution in [0, 0.1) is 0 Å². The molecule has 0 aliphatic heterocycles. The van der Waals surface area contributed by atoms with Crippen LogP contribution in [0.1, 0.15) is 23.3 Å². The molecule has 7 nitrogen and oxygen atoms in total. The number of carbonyl (C=O) groups is 2. The predicted octanol–water partition coefficient (Wildman–Crippen LogP) is 1.95. The predicted molar refractivity (Wildman–Crippen MR) is 82.2 cm³/mol. The minimum absolute atomic E-state index is 0.0549. The van der Waals surface area contributed by atoms with Gasteiger partial charge in [0, 0.05) is 18.2 Å². The van der Waals surface area contributed by atoms with Crippen molar-refractivity contribution in [3.63, 3.8) is 0 Å². The fraction of sp³-hybridized carbons (Fsp3) is 0.267. The normalized spacial score (nSPS) is 11.9. The summed E-state index contributed by atoms with van der Waals surface area (Å²) in [5.74, 6) is -1.35. The van der Waals surface area contributed by atoms with Crippen molar-refractivity contribution in [3.8, 4) is 11.3 Å². The maximum atomic E-state index is 11.9. The van der Waals surface area contributed by atoms with Crippen molar-refractivity contribution >= 4 is 23.5 Å². The molecule has 1 heterocycles. The minimum Gasteiger partial charge on any atom is -0.479 e. The average molecular weight is 339 g/mol. The van der Waals surface area contributed by atoms with Crippen LogP contribution in [0.15, 0.2) is 34.9 Å². The van der Waals surface area contributed by atoms with E-state index >= 15 is 0 Å². The zero-order chi connectivity index (χ0) is 16.8. The van der Waals surface area contributed by atoms with Gasteiger partial charge >= 0.3 is 5.97 Å². The Bertz CT molecular complexity index is 701. The summed E-state index contributed by atoms with van der Waals surface area (Å²) < 4.78 is 5.12. The molecule has 23 heavy (non-hydrogen) atoms. The number of nitrogens with zero attached hydrogens (tertiary/aromatic N) is 1. The van der Waals surface area contributed by atoms with Gasteiger partial charge in [-0.3, -0.25) is 4.79 Å². The molecule has 122 valence electrons. The highest BCUT2D eigenvalue weighted by molar-refractivity contribution is 6.33. The van der Waals surface area contributed by atoms with Crippen molar-refractivity contribution in [2.75, 3.05) is 6.54 Å². The average Bonchev–Trinajstić information content (AvgIpc) is 3.01. The zero-order valence-corrected chi connectivity index (χ0v) is 12.8. The Morgan fingerprint density at radius 1 is 1.35 bits per heavy atom. The second-order valence-electron chi connectivity index (χ2n) is 4.81. The van der Waals surface area contributed by atoms with Crippen molar-refractivity contribution in [1.82, 2.24) is 10.5 Å². The number of aliphatic carboxylic acids is 1. The highest BCUT2D eigenvalue weighted by atomic mass is 35.5. The number of carboxylic acid groups (broad SMARTS) is 1. The van der Waals surface area contributed by atoms with Crippen LogP contribution in [0.4, 0.5) is 0 Å². The lowest BCUT2D eigenvalue weighted by Crippen LogP contribution is -2.27. The number of amides is 1. The summed E-state index contributed by atoms with van der Waals surface area (Å²) in [5.41, 5.74) is 0.726. The minimum atomic E-state index is -1.43. The number of halogens is 1. The van der Waals surface area contributed by atoms with Gasteiger partial charge in [-0.1, -0.05) is 28.9 Å². The van der Waals surface area contributed by atoms with E-state index in [9.17, 15) is 9.59 Å². The largest absolute Gasteiger partial charge is 0.479 e. The van der Waals surface area contributed by atoms with E-state index in [1.807, 2.05) is 0 Å². The Labute approximate surface area is 136 Å². The third kappa shape index (κ3) is 4.54. The Morgan fingerprint density at radius 3 is 2.78 bits per heavy atom. The van der Waals surface area contributed by atoms with Gasteiger partial charge in [0.25, 0.3) is 5.91 Å². The number of hydrogen-bond donors (Lipinski definition) is 3. The lowest BCUT2D eigenvalue weighted by molar-refractivity contribution is -0.146. The molecule has 1 unspecified atom stereocenters. The van der Waals surface area contributed by atoms with Gasteiger partial charge in [0.15, 0.2) is 17.6 Å². The van der Waals surface area contributed by atoms with Crippen LogP contribution >= 0.6 is 11.6 Å².